The zero-order valence-corrected chi connectivity index (χ0v) is 14.5. The van der Waals surface area contributed by atoms with Gasteiger partial charge in [-0.1, -0.05) is 29.3 Å². The number of nitrogens with zero attached hydrogens (tertiary/aromatic N) is 1. The molecule has 0 bridgehead atoms. The Bertz CT molecular complexity index is 955. The summed E-state index contributed by atoms with van der Waals surface area (Å²) in [6.07, 6.45) is 1.86. The molecular formula is C17H12Cl2N2O4. The van der Waals surface area contributed by atoms with Crippen LogP contribution in [0.3, 0.4) is 0 Å². The van der Waals surface area contributed by atoms with Crippen molar-refractivity contribution in [2.24, 2.45) is 0 Å². The quantitative estimate of drug-likeness (QED) is 0.695. The summed E-state index contributed by atoms with van der Waals surface area (Å²) in [5.74, 6) is -1.42. The number of pyridine rings is 1. The molecule has 2 aromatic heterocycles. The van der Waals surface area contributed by atoms with Crippen LogP contribution in [-0.4, -0.2) is 29.0 Å². The fourth-order valence-corrected chi connectivity index (χ4v) is 2.65. The third-order valence-corrected chi connectivity index (χ3v) is 4.31. The smallest absolute Gasteiger partial charge is 0.351 e. The van der Waals surface area contributed by atoms with Crippen LogP contribution in [-0.2, 0) is 14.3 Å². The number of aromatic amines is 1. The number of H-pyrrole nitrogens is 1. The Kier molecular flexibility index (Phi) is 4.92. The van der Waals surface area contributed by atoms with Crippen molar-refractivity contribution >= 4 is 46.2 Å². The van der Waals surface area contributed by atoms with Crippen LogP contribution >= 0.6 is 23.2 Å². The van der Waals surface area contributed by atoms with Crippen LogP contribution in [0, 0.1) is 0 Å². The predicted octanol–water partition coefficient (Wildman–Crippen LogP) is 3.94. The van der Waals surface area contributed by atoms with E-state index in [2.05, 4.69) is 9.97 Å². The van der Waals surface area contributed by atoms with Crippen molar-refractivity contribution in [2.75, 3.05) is 7.11 Å². The summed E-state index contributed by atoms with van der Waals surface area (Å²) >= 11 is 11.9. The van der Waals surface area contributed by atoms with Crippen molar-refractivity contribution in [3.05, 3.63) is 63.9 Å². The summed E-state index contributed by atoms with van der Waals surface area (Å²) in [7, 11) is 1.21. The number of fused-ring (bicyclic) bond motifs is 1. The molecule has 8 heteroatoms. The molecule has 1 unspecified atom stereocenters. The fraction of sp³-hybridized carbons (Fsp3) is 0.118. The molecule has 0 radical (unpaired) electrons. The second-order valence-electron chi connectivity index (χ2n) is 5.08. The zero-order valence-electron chi connectivity index (χ0n) is 13.0. The van der Waals surface area contributed by atoms with Crippen LogP contribution in [0.5, 0.6) is 0 Å². The lowest BCUT2D eigenvalue weighted by atomic mass is 10.1. The molecule has 25 heavy (non-hydrogen) atoms. The number of esters is 2. The number of benzene rings is 1. The van der Waals surface area contributed by atoms with Crippen molar-refractivity contribution in [3.8, 4) is 0 Å². The van der Waals surface area contributed by atoms with Gasteiger partial charge in [-0.3, -0.25) is 0 Å². The molecule has 0 aliphatic heterocycles. The van der Waals surface area contributed by atoms with Gasteiger partial charge in [0, 0.05) is 23.3 Å². The highest BCUT2D eigenvalue weighted by Gasteiger charge is 2.28. The molecule has 0 amide bonds. The number of rotatable bonds is 4. The molecule has 3 aromatic rings. The number of nitrogens with one attached hydrogen (secondary N) is 1. The molecule has 3 rings (SSSR count). The maximum atomic E-state index is 12.6. The van der Waals surface area contributed by atoms with Gasteiger partial charge in [0.15, 0.2) is 0 Å². The lowest BCUT2D eigenvalue weighted by molar-refractivity contribution is -0.151. The second kappa shape index (κ2) is 7.13. The summed E-state index contributed by atoms with van der Waals surface area (Å²) in [6.45, 7) is 0. The Balaban J connectivity index is 1.95. The van der Waals surface area contributed by atoms with Gasteiger partial charge in [0.05, 0.1) is 22.7 Å². The van der Waals surface area contributed by atoms with Crippen molar-refractivity contribution in [3.63, 3.8) is 0 Å². The third kappa shape index (κ3) is 3.45. The predicted molar refractivity (Wildman–Crippen MR) is 92.7 cm³/mol. The highest BCUT2D eigenvalue weighted by Crippen LogP contribution is 2.29. The topological polar surface area (TPSA) is 81.3 Å². The second-order valence-corrected chi connectivity index (χ2v) is 5.89. The van der Waals surface area contributed by atoms with E-state index in [9.17, 15) is 9.59 Å². The van der Waals surface area contributed by atoms with Gasteiger partial charge in [-0.2, -0.15) is 0 Å². The molecule has 1 N–H and O–H groups in total. The number of carbonyl (C=O) groups excluding carboxylic acids is 2. The van der Waals surface area contributed by atoms with E-state index in [4.69, 9.17) is 32.7 Å². The van der Waals surface area contributed by atoms with Crippen molar-refractivity contribution in [2.45, 2.75) is 6.10 Å². The summed E-state index contributed by atoms with van der Waals surface area (Å²) in [6, 6.07) is 7.73. The van der Waals surface area contributed by atoms with Gasteiger partial charge < -0.3 is 14.5 Å². The van der Waals surface area contributed by atoms with Gasteiger partial charge in [0.1, 0.15) is 5.65 Å². The Hall–Kier alpha value is -2.57. The van der Waals surface area contributed by atoms with E-state index < -0.39 is 18.0 Å². The SMILES string of the molecule is COC(=O)C(OC(=O)c1ccnc2[nH]ccc12)c1ccc(Cl)c(Cl)c1. The van der Waals surface area contributed by atoms with E-state index >= 15 is 0 Å². The Morgan fingerprint density at radius 2 is 1.96 bits per heavy atom. The average Bonchev–Trinajstić information content (AvgIpc) is 3.10. The number of aromatic nitrogens is 2. The molecule has 128 valence electrons. The van der Waals surface area contributed by atoms with Gasteiger partial charge in [-0.15, -0.1) is 0 Å². The molecular weight excluding hydrogens is 367 g/mol. The molecule has 2 heterocycles. The van der Waals surface area contributed by atoms with Gasteiger partial charge in [0.25, 0.3) is 0 Å². The molecule has 1 aromatic carbocycles. The molecule has 0 aliphatic carbocycles. The summed E-state index contributed by atoms with van der Waals surface area (Å²) in [5.41, 5.74) is 1.17. The van der Waals surface area contributed by atoms with E-state index in [0.29, 0.717) is 21.6 Å². The highest BCUT2D eigenvalue weighted by molar-refractivity contribution is 6.42. The molecule has 0 saturated heterocycles. The third-order valence-electron chi connectivity index (χ3n) is 3.57. The summed E-state index contributed by atoms with van der Waals surface area (Å²) in [5, 5.41) is 1.15. The summed E-state index contributed by atoms with van der Waals surface area (Å²) in [4.78, 5) is 31.7. The first kappa shape index (κ1) is 17.3. The molecule has 1 atom stereocenters. The molecule has 0 aliphatic rings. The van der Waals surface area contributed by atoms with E-state index in [1.807, 2.05) is 0 Å². The number of carbonyl (C=O) groups is 2. The maximum Gasteiger partial charge on any atom is 0.351 e. The highest BCUT2D eigenvalue weighted by atomic mass is 35.5. The molecule has 0 spiro atoms. The van der Waals surface area contributed by atoms with E-state index in [1.165, 1.54) is 31.5 Å². The van der Waals surface area contributed by atoms with Gasteiger partial charge >= 0.3 is 11.9 Å². The lowest BCUT2D eigenvalue weighted by Crippen LogP contribution is -2.21. The van der Waals surface area contributed by atoms with Crippen LogP contribution in [0.1, 0.15) is 22.0 Å². The first-order valence-corrected chi connectivity index (χ1v) is 7.92. The number of hydrogen-bond donors (Lipinski definition) is 1. The zero-order chi connectivity index (χ0) is 18.0. The Morgan fingerprint density at radius 3 is 2.68 bits per heavy atom. The summed E-state index contributed by atoms with van der Waals surface area (Å²) < 4.78 is 10.1. The first-order valence-electron chi connectivity index (χ1n) is 7.17. The van der Waals surface area contributed by atoms with Crippen LogP contribution in [0.2, 0.25) is 10.0 Å². The average molecular weight is 379 g/mol. The monoisotopic (exact) mass is 378 g/mol. The molecule has 0 saturated carbocycles. The molecule has 0 fully saturated rings. The Labute approximate surface area is 152 Å². The largest absolute Gasteiger partial charge is 0.466 e. The molecule has 6 nitrogen and oxygen atoms in total. The standard InChI is InChI=1S/C17H12Cl2N2O4/c1-24-17(23)14(9-2-3-12(18)13(19)8-9)25-16(22)11-5-7-21-15-10(11)4-6-20-15/h2-8,14H,1H3,(H,20,21). The van der Waals surface area contributed by atoms with Crippen molar-refractivity contribution < 1.29 is 19.1 Å². The fourth-order valence-electron chi connectivity index (χ4n) is 2.34. The number of methoxy groups -OCH3 is 1. The minimum atomic E-state index is -1.27. The number of hydrogen-bond acceptors (Lipinski definition) is 5. The minimum Gasteiger partial charge on any atom is -0.466 e. The number of halogens is 2. The normalized spacial score (nSPS) is 12.0. The van der Waals surface area contributed by atoms with E-state index in [1.54, 1.807) is 18.3 Å². The van der Waals surface area contributed by atoms with E-state index in [-0.39, 0.29) is 10.6 Å². The van der Waals surface area contributed by atoms with E-state index in [0.717, 1.165) is 0 Å². The maximum absolute atomic E-state index is 12.6. The number of ether oxygens (including phenoxy) is 2. The minimum absolute atomic E-state index is 0.237. The van der Waals surface area contributed by atoms with Gasteiger partial charge in [-0.25, -0.2) is 14.6 Å². The van der Waals surface area contributed by atoms with Crippen LogP contribution in [0.4, 0.5) is 0 Å². The lowest BCUT2D eigenvalue weighted by Gasteiger charge is -2.17. The van der Waals surface area contributed by atoms with Gasteiger partial charge in [0.2, 0.25) is 6.10 Å². The van der Waals surface area contributed by atoms with Crippen LogP contribution in [0.15, 0.2) is 42.7 Å². The Morgan fingerprint density at radius 1 is 1.16 bits per heavy atom. The van der Waals surface area contributed by atoms with Crippen LogP contribution < -0.4 is 0 Å². The van der Waals surface area contributed by atoms with Crippen LogP contribution in [0.25, 0.3) is 11.0 Å². The van der Waals surface area contributed by atoms with Crippen molar-refractivity contribution in [1.82, 2.24) is 9.97 Å². The first-order chi connectivity index (χ1) is 12.0. The van der Waals surface area contributed by atoms with Crippen molar-refractivity contribution in [1.29, 1.82) is 0 Å². The van der Waals surface area contributed by atoms with Gasteiger partial charge in [-0.05, 0) is 24.3 Å².